The van der Waals surface area contributed by atoms with Crippen LogP contribution in [0.1, 0.15) is 53.2 Å². The van der Waals surface area contributed by atoms with E-state index in [1.54, 1.807) is 38.5 Å². The highest BCUT2D eigenvalue weighted by molar-refractivity contribution is 6.23. The highest BCUT2D eigenvalue weighted by Gasteiger charge is 2.44. The standard InChI is InChI=1S/C31H34N2O5/c1-20(2)23-10-12-25(13-11-23)33-29(34)19-26(31(33)36)32(30(35)24-8-6-7-21(3)17-24)16-15-22-9-14-27(37-4)28(18-22)38-5/h6-14,17-18,20,26H,15-16,19H2,1-5H3. The maximum absolute atomic E-state index is 13.7. The number of carbonyl (C=O) groups excluding carboxylic acids is 3. The summed E-state index contributed by atoms with van der Waals surface area (Å²) in [5.41, 5.74) is 3.99. The Kier molecular flexibility index (Phi) is 8.15. The first-order chi connectivity index (χ1) is 18.2. The van der Waals surface area contributed by atoms with E-state index >= 15 is 0 Å². The molecule has 1 unspecified atom stereocenters. The summed E-state index contributed by atoms with van der Waals surface area (Å²) in [4.78, 5) is 43.2. The molecule has 7 heteroatoms. The summed E-state index contributed by atoms with van der Waals surface area (Å²) in [6.45, 7) is 6.35. The molecule has 1 heterocycles. The first kappa shape index (κ1) is 26.9. The van der Waals surface area contributed by atoms with Crippen molar-refractivity contribution in [2.45, 2.75) is 45.6 Å². The van der Waals surface area contributed by atoms with Crippen LogP contribution in [0.3, 0.4) is 0 Å². The molecule has 0 aliphatic carbocycles. The molecule has 0 saturated carbocycles. The molecule has 7 nitrogen and oxygen atoms in total. The van der Waals surface area contributed by atoms with Crippen LogP contribution in [0.4, 0.5) is 5.69 Å². The topological polar surface area (TPSA) is 76.2 Å². The summed E-state index contributed by atoms with van der Waals surface area (Å²) in [6, 6.07) is 19.4. The summed E-state index contributed by atoms with van der Waals surface area (Å²) in [5, 5.41) is 0. The third kappa shape index (κ3) is 5.57. The fraction of sp³-hybridized carbons (Fsp3) is 0.323. The molecule has 198 valence electrons. The molecule has 0 N–H and O–H groups in total. The van der Waals surface area contributed by atoms with E-state index in [0.29, 0.717) is 35.1 Å². The van der Waals surface area contributed by atoms with Crippen molar-refractivity contribution in [1.29, 1.82) is 0 Å². The van der Waals surface area contributed by atoms with Gasteiger partial charge in [-0.15, -0.1) is 0 Å². The summed E-state index contributed by atoms with van der Waals surface area (Å²) in [6.07, 6.45) is 0.410. The summed E-state index contributed by atoms with van der Waals surface area (Å²) in [7, 11) is 3.14. The van der Waals surface area contributed by atoms with Gasteiger partial charge in [-0.05, 0) is 66.8 Å². The number of methoxy groups -OCH3 is 2. The molecule has 1 aliphatic heterocycles. The van der Waals surface area contributed by atoms with Crippen LogP contribution in [0, 0.1) is 6.92 Å². The van der Waals surface area contributed by atoms with Gasteiger partial charge >= 0.3 is 0 Å². The van der Waals surface area contributed by atoms with E-state index in [9.17, 15) is 14.4 Å². The molecular weight excluding hydrogens is 480 g/mol. The van der Waals surface area contributed by atoms with Crippen LogP contribution >= 0.6 is 0 Å². The Morgan fingerprint density at radius 3 is 2.32 bits per heavy atom. The molecule has 1 saturated heterocycles. The van der Waals surface area contributed by atoms with Crippen molar-refractivity contribution in [3.05, 3.63) is 89.0 Å². The highest BCUT2D eigenvalue weighted by atomic mass is 16.5. The molecule has 1 atom stereocenters. The zero-order chi connectivity index (χ0) is 27.4. The second-order valence-electron chi connectivity index (χ2n) is 9.84. The molecule has 0 radical (unpaired) electrons. The third-order valence-corrected chi connectivity index (χ3v) is 6.93. The zero-order valence-electron chi connectivity index (χ0n) is 22.6. The average Bonchev–Trinajstić information content (AvgIpc) is 3.21. The SMILES string of the molecule is COc1ccc(CCN(C(=O)c2cccc(C)c2)C2CC(=O)N(c3ccc(C(C)C)cc3)C2=O)cc1OC. The Labute approximate surface area is 224 Å². The number of anilines is 1. The monoisotopic (exact) mass is 514 g/mol. The van der Waals surface area contributed by atoms with E-state index in [1.165, 1.54) is 9.80 Å². The first-order valence-corrected chi connectivity index (χ1v) is 12.8. The number of hydrogen-bond acceptors (Lipinski definition) is 5. The van der Waals surface area contributed by atoms with Gasteiger partial charge in [-0.3, -0.25) is 14.4 Å². The fourth-order valence-corrected chi connectivity index (χ4v) is 4.77. The maximum atomic E-state index is 13.7. The second-order valence-corrected chi connectivity index (χ2v) is 9.84. The number of ether oxygens (including phenoxy) is 2. The van der Waals surface area contributed by atoms with E-state index in [4.69, 9.17) is 9.47 Å². The molecule has 0 spiro atoms. The van der Waals surface area contributed by atoms with E-state index in [1.807, 2.05) is 49.4 Å². The quantitative estimate of drug-likeness (QED) is 0.369. The van der Waals surface area contributed by atoms with Crippen LogP contribution in [0.5, 0.6) is 11.5 Å². The molecule has 0 aromatic heterocycles. The number of nitrogens with zero attached hydrogens (tertiary/aromatic N) is 2. The minimum Gasteiger partial charge on any atom is -0.493 e. The Bertz CT molecular complexity index is 1330. The zero-order valence-corrected chi connectivity index (χ0v) is 22.6. The average molecular weight is 515 g/mol. The second kappa shape index (κ2) is 11.5. The van der Waals surface area contributed by atoms with Crippen molar-refractivity contribution in [2.24, 2.45) is 0 Å². The van der Waals surface area contributed by atoms with Crippen molar-refractivity contribution in [3.63, 3.8) is 0 Å². The van der Waals surface area contributed by atoms with Crippen LogP contribution in [0.25, 0.3) is 0 Å². The molecule has 4 rings (SSSR count). The smallest absolute Gasteiger partial charge is 0.257 e. The molecular formula is C31H34N2O5. The van der Waals surface area contributed by atoms with Gasteiger partial charge < -0.3 is 14.4 Å². The predicted molar refractivity (Wildman–Crippen MR) is 147 cm³/mol. The molecule has 3 amide bonds. The lowest BCUT2D eigenvalue weighted by Gasteiger charge is -2.28. The number of hydrogen-bond donors (Lipinski definition) is 0. The van der Waals surface area contributed by atoms with Crippen molar-refractivity contribution in [1.82, 2.24) is 4.90 Å². The normalized spacial score (nSPS) is 15.2. The Balaban J connectivity index is 1.63. The minimum atomic E-state index is -0.888. The first-order valence-electron chi connectivity index (χ1n) is 12.8. The lowest BCUT2D eigenvalue weighted by Crippen LogP contribution is -2.46. The van der Waals surface area contributed by atoms with Gasteiger partial charge in [0.15, 0.2) is 11.5 Å². The number of imide groups is 1. The Hall–Kier alpha value is -4.13. The van der Waals surface area contributed by atoms with Crippen molar-refractivity contribution < 1.29 is 23.9 Å². The Morgan fingerprint density at radius 2 is 1.68 bits per heavy atom. The van der Waals surface area contributed by atoms with Gasteiger partial charge in [-0.25, -0.2) is 4.90 Å². The number of benzene rings is 3. The van der Waals surface area contributed by atoms with Gasteiger partial charge in [0.25, 0.3) is 11.8 Å². The van der Waals surface area contributed by atoms with Gasteiger partial charge in [0.1, 0.15) is 6.04 Å². The number of rotatable bonds is 9. The molecule has 3 aromatic rings. The van der Waals surface area contributed by atoms with Gasteiger partial charge in [0.05, 0.1) is 26.3 Å². The van der Waals surface area contributed by atoms with Crippen LogP contribution in [-0.4, -0.2) is 49.4 Å². The van der Waals surface area contributed by atoms with Crippen molar-refractivity contribution in [3.8, 4) is 11.5 Å². The molecule has 1 fully saturated rings. The highest BCUT2D eigenvalue weighted by Crippen LogP contribution is 2.30. The largest absolute Gasteiger partial charge is 0.493 e. The van der Waals surface area contributed by atoms with E-state index in [2.05, 4.69) is 13.8 Å². The summed E-state index contributed by atoms with van der Waals surface area (Å²) >= 11 is 0. The summed E-state index contributed by atoms with van der Waals surface area (Å²) in [5.74, 6) is 0.550. The van der Waals surface area contributed by atoms with Crippen molar-refractivity contribution in [2.75, 3.05) is 25.7 Å². The number of amides is 3. The van der Waals surface area contributed by atoms with E-state index < -0.39 is 6.04 Å². The van der Waals surface area contributed by atoms with Gasteiger partial charge in [0, 0.05) is 12.1 Å². The van der Waals surface area contributed by atoms with E-state index in [-0.39, 0.29) is 30.7 Å². The lowest BCUT2D eigenvalue weighted by molar-refractivity contribution is -0.122. The van der Waals surface area contributed by atoms with Crippen LogP contribution in [0.15, 0.2) is 66.7 Å². The molecule has 1 aliphatic rings. The number of aryl methyl sites for hydroxylation is 1. The fourth-order valence-electron chi connectivity index (χ4n) is 4.77. The van der Waals surface area contributed by atoms with Gasteiger partial charge in [-0.1, -0.05) is 49.7 Å². The van der Waals surface area contributed by atoms with Gasteiger partial charge in [-0.2, -0.15) is 0 Å². The Morgan fingerprint density at radius 1 is 0.974 bits per heavy atom. The van der Waals surface area contributed by atoms with Crippen LogP contribution in [0.2, 0.25) is 0 Å². The van der Waals surface area contributed by atoms with E-state index in [0.717, 1.165) is 16.7 Å². The molecule has 0 bridgehead atoms. The molecule has 3 aromatic carbocycles. The third-order valence-electron chi connectivity index (χ3n) is 6.93. The summed E-state index contributed by atoms with van der Waals surface area (Å²) < 4.78 is 10.7. The maximum Gasteiger partial charge on any atom is 0.257 e. The minimum absolute atomic E-state index is 0.0613. The predicted octanol–water partition coefficient (Wildman–Crippen LogP) is 5.15. The number of carbonyl (C=O) groups is 3. The van der Waals surface area contributed by atoms with Crippen LogP contribution < -0.4 is 14.4 Å². The van der Waals surface area contributed by atoms with Crippen molar-refractivity contribution >= 4 is 23.4 Å². The van der Waals surface area contributed by atoms with Crippen LogP contribution in [-0.2, 0) is 16.0 Å². The molecule has 38 heavy (non-hydrogen) atoms. The van der Waals surface area contributed by atoms with Gasteiger partial charge in [0.2, 0.25) is 5.91 Å². The lowest BCUT2D eigenvalue weighted by atomic mass is 10.0.